The van der Waals surface area contributed by atoms with Crippen LogP contribution < -0.4 is 15.4 Å². The second-order valence-corrected chi connectivity index (χ2v) is 7.25. The third kappa shape index (κ3) is 6.20. The molecule has 2 aromatic rings. The van der Waals surface area contributed by atoms with Gasteiger partial charge in [0.05, 0.1) is 13.3 Å². The van der Waals surface area contributed by atoms with Crippen molar-refractivity contribution in [2.45, 2.75) is 46.1 Å². The fourth-order valence-corrected chi connectivity index (χ4v) is 2.42. The number of aromatic hydroxyl groups is 1. The van der Waals surface area contributed by atoms with Crippen LogP contribution in [0.5, 0.6) is 11.5 Å². The van der Waals surface area contributed by atoms with E-state index in [2.05, 4.69) is 41.4 Å². The molecule has 148 valence electrons. The number of aliphatic imine (C=N–C) groups is 1. The number of oxazole rings is 1. The number of nitrogens with one attached hydrogen (secondary N) is 2. The minimum atomic E-state index is -0.0666. The van der Waals surface area contributed by atoms with E-state index < -0.39 is 0 Å². The van der Waals surface area contributed by atoms with Crippen LogP contribution in [0.25, 0.3) is 0 Å². The molecule has 0 saturated heterocycles. The zero-order valence-electron chi connectivity index (χ0n) is 16.8. The first-order valence-electron chi connectivity index (χ1n) is 9.16. The Kier molecular flexibility index (Phi) is 7.10. The Hall–Kier alpha value is -2.70. The number of phenolic OH excluding ortho intramolecular Hbond substituents is 1. The quantitative estimate of drug-likeness (QED) is 0.510. The van der Waals surface area contributed by atoms with E-state index in [-0.39, 0.29) is 11.2 Å². The minimum absolute atomic E-state index is 0.0666. The van der Waals surface area contributed by atoms with Gasteiger partial charge in [-0.2, -0.15) is 0 Å². The van der Waals surface area contributed by atoms with Crippen LogP contribution in [-0.4, -0.2) is 36.2 Å². The van der Waals surface area contributed by atoms with Gasteiger partial charge in [0, 0.05) is 18.5 Å². The van der Waals surface area contributed by atoms with Crippen molar-refractivity contribution >= 4 is 5.96 Å². The SMILES string of the molecule is CCNC(=NCc1ncc(C(C)(C)C)o1)NCCc1ccc(O)c(OC)c1. The predicted molar refractivity (Wildman–Crippen MR) is 106 cm³/mol. The van der Waals surface area contributed by atoms with Crippen molar-refractivity contribution in [3.8, 4) is 11.5 Å². The molecule has 0 atom stereocenters. The number of hydrogen-bond donors (Lipinski definition) is 3. The molecule has 0 amide bonds. The molecule has 0 spiro atoms. The second kappa shape index (κ2) is 9.30. The summed E-state index contributed by atoms with van der Waals surface area (Å²) in [6.45, 7) is 10.1. The average Bonchev–Trinajstić information content (AvgIpc) is 3.10. The summed E-state index contributed by atoms with van der Waals surface area (Å²) in [6, 6.07) is 5.36. The van der Waals surface area contributed by atoms with Crippen LogP contribution in [0.15, 0.2) is 33.8 Å². The fourth-order valence-electron chi connectivity index (χ4n) is 2.42. The summed E-state index contributed by atoms with van der Waals surface area (Å²) in [6.07, 6.45) is 2.54. The highest BCUT2D eigenvalue weighted by Gasteiger charge is 2.19. The average molecular weight is 374 g/mol. The molecular weight excluding hydrogens is 344 g/mol. The Morgan fingerprint density at radius 2 is 2.07 bits per heavy atom. The highest BCUT2D eigenvalue weighted by atomic mass is 16.5. The summed E-state index contributed by atoms with van der Waals surface area (Å²) >= 11 is 0. The molecule has 0 unspecified atom stereocenters. The van der Waals surface area contributed by atoms with Crippen molar-refractivity contribution in [2.75, 3.05) is 20.2 Å². The number of guanidine groups is 1. The highest BCUT2D eigenvalue weighted by Crippen LogP contribution is 2.26. The van der Waals surface area contributed by atoms with Crippen LogP contribution in [0.4, 0.5) is 0 Å². The van der Waals surface area contributed by atoms with E-state index >= 15 is 0 Å². The Labute approximate surface area is 160 Å². The van der Waals surface area contributed by atoms with Crippen molar-refractivity contribution < 1.29 is 14.3 Å². The van der Waals surface area contributed by atoms with Crippen LogP contribution in [0.2, 0.25) is 0 Å². The number of benzene rings is 1. The molecule has 1 heterocycles. The van der Waals surface area contributed by atoms with Gasteiger partial charge in [-0.3, -0.25) is 0 Å². The zero-order chi connectivity index (χ0) is 19.9. The van der Waals surface area contributed by atoms with Gasteiger partial charge < -0.3 is 24.9 Å². The third-order valence-electron chi connectivity index (χ3n) is 3.96. The number of aromatic nitrogens is 1. The largest absolute Gasteiger partial charge is 0.504 e. The maximum atomic E-state index is 9.66. The van der Waals surface area contributed by atoms with Crippen molar-refractivity contribution in [2.24, 2.45) is 4.99 Å². The summed E-state index contributed by atoms with van der Waals surface area (Å²) in [5, 5.41) is 16.2. The molecule has 7 heteroatoms. The lowest BCUT2D eigenvalue weighted by molar-refractivity contribution is 0.373. The molecule has 27 heavy (non-hydrogen) atoms. The lowest BCUT2D eigenvalue weighted by atomic mass is 9.94. The van der Waals surface area contributed by atoms with E-state index in [1.165, 1.54) is 0 Å². The highest BCUT2D eigenvalue weighted by molar-refractivity contribution is 5.79. The van der Waals surface area contributed by atoms with E-state index in [0.29, 0.717) is 30.7 Å². The number of phenols is 1. The summed E-state index contributed by atoms with van der Waals surface area (Å²) in [4.78, 5) is 8.83. The minimum Gasteiger partial charge on any atom is -0.504 e. The molecule has 7 nitrogen and oxygen atoms in total. The molecule has 0 bridgehead atoms. The maximum absolute atomic E-state index is 9.66. The van der Waals surface area contributed by atoms with Gasteiger partial charge in [-0.05, 0) is 31.0 Å². The first-order chi connectivity index (χ1) is 12.8. The van der Waals surface area contributed by atoms with Crippen molar-refractivity contribution in [1.82, 2.24) is 15.6 Å². The Bertz CT molecular complexity index is 763. The summed E-state index contributed by atoms with van der Waals surface area (Å²) in [5.41, 5.74) is 0.999. The molecule has 0 aliphatic carbocycles. The van der Waals surface area contributed by atoms with Gasteiger partial charge in [0.1, 0.15) is 12.3 Å². The number of methoxy groups -OCH3 is 1. The lowest BCUT2D eigenvalue weighted by Gasteiger charge is -2.13. The van der Waals surface area contributed by atoms with E-state index in [0.717, 1.165) is 24.3 Å². The van der Waals surface area contributed by atoms with Crippen molar-refractivity contribution in [1.29, 1.82) is 0 Å². The summed E-state index contributed by atoms with van der Waals surface area (Å²) in [5.74, 6) is 2.78. The first kappa shape index (κ1) is 20.6. The molecule has 2 rings (SSSR count). The Balaban J connectivity index is 1.92. The maximum Gasteiger partial charge on any atom is 0.216 e. The molecule has 1 aromatic heterocycles. The fraction of sp³-hybridized carbons (Fsp3) is 0.500. The van der Waals surface area contributed by atoms with Gasteiger partial charge in [0.25, 0.3) is 0 Å². The van der Waals surface area contributed by atoms with E-state index in [1.54, 1.807) is 19.4 Å². The predicted octanol–water partition coefficient (Wildman–Crippen LogP) is 2.98. The molecular formula is C20H30N4O3. The number of nitrogens with zero attached hydrogens (tertiary/aromatic N) is 2. The van der Waals surface area contributed by atoms with E-state index in [4.69, 9.17) is 9.15 Å². The van der Waals surface area contributed by atoms with Gasteiger partial charge in [-0.1, -0.05) is 26.8 Å². The molecule has 0 radical (unpaired) electrons. The van der Waals surface area contributed by atoms with Gasteiger partial charge in [0.15, 0.2) is 17.5 Å². The number of rotatable bonds is 7. The number of ether oxygens (including phenoxy) is 1. The van der Waals surface area contributed by atoms with Gasteiger partial charge in [-0.25, -0.2) is 9.98 Å². The molecule has 1 aromatic carbocycles. The van der Waals surface area contributed by atoms with Gasteiger partial charge in [0.2, 0.25) is 5.89 Å². The lowest BCUT2D eigenvalue weighted by Crippen LogP contribution is -2.38. The van der Waals surface area contributed by atoms with Crippen LogP contribution in [0.1, 0.15) is 44.9 Å². The Morgan fingerprint density at radius 3 is 2.70 bits per heavy atom. The van der Waals surface area contributed by atoms with Gasteiger partial charge >= 0.3 is 0 Å². The third-order valence-corrected chi connectivity index (χ3v) is 3.96. The topological polar surface area (TPSA) is 91.9 Å². The zero-order valence-corrected chi connectivity index (χ0v) is 16.8. The van der Waals surface area contributed by atoms with E-state index in [1.807, 2.05) is 19.1 Å². The van der Waals surface area contributed by atoms with Crippen LogP contribution in [-0.2, 0) is 18.4 Å². The van der Waals surface area contributed by atoms with Crippen LogP contribution in [0, 0.1) is 0 Å². The Morgan fingerprint density at radius 1 is 1.30 bits per heavy atom. The number of hydrogen-bond acceptors (Lipinski definition) is 5. The smallest absolute Gasteiger partial charge is 0.216 e. The standard InChI is InChI=1S/C20H30N4O3/c1-6-21-19(24-13-18-23-12-17(27-18)20(2,3)4)22-10-9-14-7-8-15(25)16(11-14)26-5/h7-8,11-12,25H,6,9-10,13H2,1-5H3,(H2,21,22,24). The summed E-state index contributed by atoms with van der Waals surface area (Å²) in [7, 11) is 1.54. The van der Waals surface area contributed by atoms with Crippen molar-refractivity contribution in [3.05, 3.63) is 41.6 Å². The molecule has 0 saturated carbocycles. The monoisotopic (exact) mass is 374 g/mol. The molecule has 0 aliphatic rings. The van der Waals surface area contributed by atoms with Crippen LogP contribution in [0.3, 0.4) is 0 Å². The van der Waals surface area contributed by atoms with Gasteiger partial charge in [-0.15, -0.1) is 0 Å². The molecule has 3 N–H and O–H groups in total. The summed E-state index contributed by atoms with van der Waals surface area (Å²) < 4.78 is 10.9. The van der Waals surface area contributed by atoms with E-state index in [9.17, 15) is 5.11 Å². The van der Waals surface area contributed by atoms with Crippen LogP contribution >= 0.6 is 0 Å². The first-order valence-corrected chi connectivity index (χ1v) is 9.16. The molecule has 0 aliphatic heterocycles. The van der Waals surface area contributed by atoms with Crippen molar-refractivity contribution in [3.63, 3.8) is 0 Å². The second-order valence-electron chi connectivity index (χ2n) is 7.25. The normalized spacial score (nSPS) is 12.1. The molecule has 0 fully saturated rings.